The van der Waals surface area contributed by atoms with Crippen LogP contribution in [-0.2, 0) is 0 Å². The summed E-state index contributed by atoms with van der Waals surface area (Å²) < 4.78 is 10.7. The lowest BCUT2D eigenvalue weighted by atomic mass is 9.94. The molecule has 0 aliphatic heterocycles. The molecule has 3 aromatic carbocycles. The number of hydrogen-bond donors (Lipinski definition) is 1. The summed E-state index contributed by atoms with van der Waals surface area (Å²) in [5.41, 5.74) is 4.40. The van der Waals surface area contributed by atoms with Gasteiger partial charge >= 0.3 is 0 Å². The van der Waals surface area contributed by atoms with Crippen molar-refractivity contribution >= 4 is 22.5 Å². The fraction of sp³-hybridized carbons (Fsp3) is 0.120. The summed E-state index contributed by atoms with van der Waals surface area (Å²) >= 11 is 0. The third kappa shape index (κ3) is 3.57. The maximum absolute atomic E-state index is 13.5. The van der Waals surface area contributed by atoms with Crippen LogP contribution in [0.25, 0.3) is 22.0 Å². The molecule has 0 spiro atoms. The zero-order valence-electron chi connectivity index (χ0n) is 17.1. The van der Waals surface area contributed by atoms with Crippen LogP contribution in [0.4, 0.5) is 5.69 Å². The fourth-order valence-electron chi connectivity index (χ4n) is 3.61. The first-order valence-electron chi connectivity index (χ1n) is 9.60. The summed E-state index contributed by atoms with van der Waals surface area (Å²) in [7, 11) is 3.15. The molecule has 1 amide bonds. The van der Waals surface area contributed by atoms with E-state index >= 15 is 0 Å². The Morgan fingerprint density at radius 3 is 2.37 bits per heavy atom. The number of amides is 1. The quantitative estimate of drug-likeness (QED) is 0.484. The van der Waals surface area contributed by atoms with E-state index < -0.39 is 0 Å². The van der Waals surface area contributed by atoms with Crippen molar-refractivity contribution < 1.29 is 14.3 Å². The number of anilines is 1. The summed E-state index contributed by atoms with van der Waals surface area (Å²) in [5, 5.41) is 3.91. The first-order chi connectivity index (χ1) is 14.6. The molecule has 150 valence electrons. The molecular formula is C25H22N2O3. The third-order valence-electron chi connectivity index (χ3n) is 5.02. The summed E-state index contributed by atoms with van der Waals surface area (Å²) in [4.78, 5) is 18.2. The topological polar surface area (TPSA) is 60.5 Å². The number of aryl methyl sites for hydroxylation is 1. The molecule has 0 aliphatic carbocycles. The highest BCUT2D eigenvalue weighted by molar-refractivity contribution is 6.14. The Bertz CT molecular complexity index is 1220. The number of carbonyl (C=O) groups is 1. The van der Waals surface area contributed by atoms with E-state index in [-0.39, 0.29) is 5.91 Å². The van der Waals surface area contributed by atoms with Gasteiger partial charge in [-0.05, 0) is 30.7 Å². The number of nitrogens with zero attached hydrogens (tertiary/aromatic N) is 1. The van der Waals surface area contributed by atoms with Gasteiger partial charge in [-0.2, -0.15) is 0 Å². The molecule has 1 heterocycles. The number of carbonyl (C=O) groups excluding carboxylic acids is 1. The average Bonchev–Trinajstić information content (AvgIpc) is 2.78. The van der Waals surface area contributed by atoms with Crippen LogP contribution in [0, 0.1) is 6.92 Å². The third-order valence-corrected chi connectivity index (χ3v) is 5.02. The van der Waals surface area contributed by atoms with Crippen LogP contribution >= 0.6 is 0 Å². The minimum absolute atomic E-state index is 0.254. The Kier molecular flexibility index (Phi) is 5.35. The lowest BCUT2D eigenvalue weighted by Crippen LogP contribution is -2.16. The van der Waals surface area contributed by atoms with Crippen LogP contribution in [0.1, 0.15) is 16.1 Å². The van der Waals surface area contributed by atoms with Gasteiger partial charge in [-0.15, -0.1) is 0 Å². The molecule has 1 aromatic heterocycles. The van der Waals surface area contributed by atoms with Crippen molar-refractivity contribution in [1.29, 1.82) is 0 Å². The number of ether oxygens (including phenoxy) is 2. The lowest BCUT2D eigenvalue weighted by Gasteiger charge is -2.17. The van der Waals surface area contributed by atoms with Crippen LogP contribution < -0.4 is 14.8 Å². The van der Waals surface area contributed by atoms with E-state index in [9.17, 15) is 4.79 Å². The van der Waals surface area contributed by atoms with Crippen LogP contribution in [-0.4, -0.2) is 25.1 Å². The number of nitrogens with one attached hydrogen (secondary N) is 1. The zero-order valence-corrected chi connectivity index (χ0v) is 17.1. The van der Waals surface area contributed by atoms with Gasteiger partial charge in [0.25, 0.3) is 5.91 Å². The fourth-order valence-corrected chi connectivity index (χ4v) is 3.61. The van der Waals surface area contributed by atoms with E-state index in [4.69, 9.17) is 9.47 Å². The predicted octanol–water partition coefficient (Wildman–Crippen LogP) is 5.48. The Balaban J connectivity index is 1.89. The molecule has 4 rings (SSSR count). The second-order valence-corrected chi connectivity index (χ2v) is 6.85. The second-order valence-electron chi connectivity index (χ2n) is 6.85. The first kappa shape index (κ1) is 19.5. The van der Waals surface area contributed by atoms with Crippen LogP contribution in [0.5, 0.6) is 11.5 Å². The summed E-state index contributed by atoms with van der Waals surface area (Å²) in [6.45, 7) is 1.86. The average molecular weight is 398 g/mol. The number of rotatable bonds is 5. The molecule has 5 heteroatoms. The Hall–Kier alpha value is -3.86. The van der Waals surface area contributed by atoms with E-state index in [0.717, 1.165) is 22.0 Å². The van der Waals surface area contributed by atoms with Crippen molar-refractivity contribution in [2.45, 2.75) is 6.92 Å². The molecule has 5 nitrogen and oxygen atoms in total. The number of aromatic nitrogens is 1. The van der Waals surface area contributed by atoms with Gasteiger partial charge in [-0.1, -0.05) is 48.5 Å². The molecule has 4 aromatic rings. The Morgan fingerprint density at radius 2 is 1.63 bits per heavy atom. The highest BCUT2D eigenvalue weighted by Crippen LogP contribution is 2.35. The number of hydrogen-bond acceptors (Lipinski definition) is 4. The number of benzene rings is 3. The van der Waals surface area contributed by atoms with Crippen molar-refractivity contribution in [3.8, 4) is 22.6 Å². The maximum atomic E-state index is 13.5. The molecule has 0 bridgehead atoms. The first-order valence-corrected chi connectivity index (χ1v) is 9.60. The number of pyridine rings is 1. The van der Waals surface area contributed by atoms with Gasteiger partial charge in [0.2, 0.25) is 0 Å². The van der Waals surface area contributed by atoms with Gasteiger partial charge in [0.1, 0.15) is 11.5 Å². The molecule has 0 radical (unpaired) electrons. The van der Waals surface area contributed by atoms with Crippen molar-refractivity contribution in [3.63, 3.8) is 0 Å². The van der Waals surface area contributed by atoms with Crippen molar-refractivity contribution in [3.05, 3.63) is 84.1 Å². The van der Waals surface area contributed by atoms with Crippen molar-refractivity contribution in [2.75, 3.05) is 19.5 Å². The summed E-state index contributed by atoms with van der Waals surface area (Å²) in [5.74, 6) is 0.927. The molecule has 30 heavy (non-hydrogen) atoms. The Morgan fingerprint density at radius 1 is 0.900 bits per heavy atom. The zero-order chi connectivity index (χ0) is 21.1. The van der Waals surface area contributed by atoms with Gasteiger partial charge in [-0.3, -0.25) is 9.78 Å². The minimum Gasteiger partial charge on any atom is -0.497 e. The molecule has 0 fully saturated rings. The molecule has 0 unspecified atom stereocenters. The molecular weight excluding hydrogens is 376 g/mol. The van der Waals surface area contributed by atoms with Gasteiger partial charge in [0.15, 0.2) is 0 Å². The SMILES string of the molecule is COc1ccc(OC)c(NC(=O)c2c(C)nc3ccccc3c2-c2ccccc2)c1. The largest absolute Gasteiger partial charge is 0.497 e. The maximum Gasteiger partial charge on any atom is 0.258 e. The second kappa shape index (κ2) is 8.25. The summed E-state index contributed by atoms with van der Waals surface area (Å²) in [6, 6.07) is 23.0. The highest BCUT2D eigenvalue weighted by Gasteiger charge is 2.21. The van der Waals surface area contributed by atoms with E-state index in [0.29, 0.717) is 28.4 Å². The summed E-state index contributed by atoms with van der Waals surface area (Å²) in [6.07, 6.45) is 0. The number of fused-ring (bicyclic) bond motifs is 1. The van der Waals surface area contributed by atoms with Crippen LogP contribution in [0.15, 0.2) is 72.8 Å². The molecule has 1 N–H and O–H groups in total. The van der Waals surface area contributed by atoms with Crippen molar-refractivity contribution in [2.24, 2.45) is 0 Å². The van der Waals surface area contributed by atoms with Gasteiger partial charge in [-0.25, -0.2) is 0 Å². The van der Waals surface area contributed by atoms with E-state index in [1.54, 1.807) is 32.4 Å². The number of para-hydroxylation sites is 1. The predicted molar refractivity (Wildman–Crippen MR) is 119 cm³/mol. The van der Waals surface area contributed by atoms with E-state index in [1.165, 1.54) is 0 Å². The van der Waals surface area contributed by atoms with Crippen LogP contribution in [0.3, 0.4) is 0 Å². The molecule has 0 atom stereocenters. The number of methoxy groups -OCH3 is 2. The molecule has 0 saturated heterocycles. The smallest absolute Gasteiger partial charge is 0.258 e. The molecule has 0 saturated carbocycles. The highest BCUT2D eigenvalue weighted by atomic mass is 16.5. The van der Waals surface area contributed by atoms with E-state index in [1.807, 2.05) is 61.5 Å². The standard InChI is InChI=1S/C25H22N2O3/c1-16-23(25(28)27-21-15-18(29-2)13-14-22(21)30-3)24(17-9-5-4-6-10-17)19-11-7-8-12-20(19)26-16/h4-15H,1-3H3,(H,27,28). The van der Waals surface area contributed by atoms with Gasteiger partial charge in [0, 0.05) is 17.0 Å². The van der Waals surface area contributed by atoms with Crippen molar-refractivity contribution in [1.82, 2.24) is 4.98 Å². The van der Waals surface area contributed by atoms with Gasteiger partial charge < -0.3 is 14.8 Å². The van der Waals surface area contributed by atoms with E-state index in [2.05, 4.69) is 10.3 Å². The molecule has 0 aliphatic rings. The lowest BCUT2D eigenvalue weighted by molar-refractivity contribution is 0.102. The monoisotopic (exact) mass is 398 g/mol. The van der Waals surface area contributed by atoms with Gasteiger partial charge in [0.05, 0.1) is 36.7 Å². The Labute approximate surface area is 175 Å². The minimum atomic E-state index is -0.254. The normalized spacial score (nSPS) is 10.6. The van der Waals surface area contributed by atoms with Crippen LogP contribution in [0.2, 0.25) is 0 Å².